The number of rotatable bonds is 7. The second-order valence-corrected chi connectivity index (χ2v) is 8.44. The molecular weight excluding hydrogens is 383 g/mol. The van der Waals surface area contributed by atoms with E-state index in [1.165, 1.54) is 56.5 Å². The molecule has 0 bridgehead atoms. The molecule has 0 fully saturated rings. The Morgan fingerprint density at radius 2 is 1.82 bits per heavy atom. The smallest absolute Gasteiger partial charge is 0.246 e. The van der Waals surface area contributed by atoms with Crippen molar-refractivity contribution in [3.05, 3.63) is 65.5 Å². The first-order valence-electron chi connectivity index (χ1n) is 8.44. The minimum Gasteiger partial charge on any atom is -0.495 e. The standard InChI is InChI=1S/C20H23FN2O4S/c1-22(2)28(25,26)19-13-15(9-11-18(19)27-4)10-12-20(24)23(3)14-16-7-5-6-8-17(16)21/h5-13H,14H2,1-4H3/b12-10+. The summed E-state index contributed by atoms with van der Waals surface area (Å²) in [5, 5.41) is 0. The Balaban J connectivity index is 2.21. The van der Waals surface area contributed by atoms with Crippen LogP contribution in [-0.4, -0.2) is 51.8 Å². The van der Waals surface area contributed by atoms with Gasteiger partial charge in [0, 0.05) is 39.3 Å². The highest BCUT2D eigenvalue weighted by Crippen LogP contribution is 2.27. The predicted octanol–water partition coefficient (Wildman–Crippen LogP) is 2.76. The lowest BCUT2D eigenvalue weighted by Gasteiger charge is -2.16. The van der Waals surface area contributed by atoms with Crippen molar-refractivity contribution >= 4 is 22.0 Å². The number of amides is 1. The summed E-state index contributed by atoms with van der Waals surface area (Å²) >= 11 is 0. The van der Waals surface area contributed by atoms with Gasteiger partial charge in [-0.05, 0) is 29.8 Å². The number of methoxy groups -OCH3 is 1. The molecule has 8 heteroatoms. The van der Waals surface area contributed by atoms with E-state index in [-0.39, 0.29) is 28.9 Å². The molecule has 6 nitrogen and oxygen atoms in total. The topological polar surface area (TPSA) is 66.9 Å². The van der Waals surface area contributed by atoms with Crippen molar-refractivity contribution in [2.75, 3.05) is 28.3 Å². The van der Waals surface area contributed by atoms with Crippen LogP contribution in [-0.2, 0) is 21.4 Å². The summed E-state index contributed by atoms with van der Waals surface area (Å²) in [4.78, 5) is 13.7. The maximum Gasteiger partial charge on any atom is 0.246 e. The molecule has 150 valence electrons. The summed E-state index contributed by atoms with van der Waals surface area (Å²) in [6.45, 7) is 0.124. The van der Waals surface area contributed by atoms with Crippen LogP contribution in [0.15, 0.2) is 53.4 Å². The number of carbonyl (C=O) groups excluding carboxylic acids is 1. The molecule has 0 atom stereocenters. The minimum absolute atomic E-state index is 0.00862. The fourth-order valence-electron chi connectivity index (χ4n) is 2.45. The van der Waals surface area contributed by atoms with E-state index in [1.807, 2.05) is 0 Å². The van der Waals surface area contributed by atoms with Gasteiger partial charge in [-0.1, -0.05) is 24.3 Å². The number of likely N-dealkylation sites (N-methyl/N-ethyl adjacent to an activating group) is 1. The van der Waals surface area contributed by atoms with Crippen molar-refractivity contribution in [2.45, 2.75) is 11.4 Å². The number of carbonyl (C=O) groups is 1. The van der Waals surface area contributed by atoms with Crippen LogP contribution in [0.1, 0.15) is 11.1 Å². The third-order valence-electron chi connectivity index (χ3n) is 4.11. The molecule has 0 unspecified atom stereocenters. The van der Waals surface area contributed by atoms with Crippen LogP contribution in [0.4, 0.5) is 4.39 Å². The fraction of sp³-hybridized carbons (Fsp3) is 0.250. The van der Waals surface area contributed by atoms with Crippen LogP contribution in [0.5, 0.6) is 5.75 Å². The van der Waals surface area contributed by atoms with Gasteiger partial charge in [0.15, 0.2) is 0 Å². The van der Waals surface area contributed by atoms with Gasteiger partial charge in [0.25, 0.3) is 0 Å². The van der Waals surface area contributed by atoms with E-state index < -0.39 is 10.0 Å². The second kappa shape index (κ2) is 8.99. The van der Waals surface area contributed by atoms with Crippen LogP contribution in [0.25, 0.3) is 6.08 Å². The van der Waals surface area contributed by atoms with Crippen molar-refractivity contribution < 1.29 is 22.3 Å². The molecule has 0 aliphatic heterocycles. The van der Waals surface area contributed by atoms with Crippen LogP contribution in [0, 0.1) is 5.82 Å². The number of hydrogen-bond donors (Lipinski definition) is 0. The van der Waals surface area contributed by atoms with Crippen LogP contribution in [0.2, 0.25) is 0 Å². The third kappa shape index (κ3) is 4.96. The summed E-state index contributed by atoms with van der Waals surface area (Å²) in [6, 6.07) is 10.9. The molecular formula is C20H23FN2O4S. The molecule has 2 rings (SSSR count). The van der Waals surface area contributed by atoms with E-state index in [0.717, 1.165) is 4.31 Å². The molecule has 0 spiro atoms. The maximum atomic E-state index is 13.7. The van der Waals surface area contributed by atoms with Crippen LogP contribution >= 0.6 is 0 Å². The van der Waals surface area contributed by atoms with E-state index in [4.69, 9.17) is 4.74 Å². The molecule has 0 saturated heterocycles. The molecule has 0 aliphatic carbocycles. The Labute approximate surface area is 164 Å². The number of nitrogens with zero attached hydrogens (tertiary/aromatic N) is 2. The van der Waals surface area contributed by atoms with Gasteiger partial charge in [-0.25, -0.2) is 17.1 Å². The summed E-state index contributed by atoms with van der Waals surface area (Å²) in [5.74, 6) is -0.496. The summed E-state index contributed by atoms with van der Waals surface area (Å²) in [5.41, 5.74) is 0.935. The van der Waals surface area contributed by atoms with E-state index in [1.54, 1.807) is 31.3 Å². The predicted molar refractivity (Wildman–Crippen MR) is 106 cm³/mol. The fourth-order valence-corrected chi connectivity index (χ4v) is 3.53. The molecule has 2 aromatic rings. The lowest BCUT2D eigenvalue weighted by Crippen LogP contribution is -2.24. The van der Waals surface area contributed by atoms with Crippen molar-refractivity contribution in [3.8, 4) is 5.75 Å². The van der Waals surface area contributed by atoms with Crippen LogP contribution in [0.3, 0.4) is 0 Å². The minimum atomic E-state index is -3.71. The first kappa shape index (κ1) is 21.6. The van der Waals surface area contributed by atoms with Crippen molar-refractivity contribution in [3.63, 3.8) is 0 Å². The average Bonchev–Trinajstić information content (AvgIpc) is 2.67. The highest BCUT2D eigenvalue weighted by molar-refractivity contribution is 7.89. The van der Waals surface area contributed by atoms with E-state index in [9.17, 15) is 17.6 Å². The van der Waals surface area contributed by atoms with Gasteiger partial charge in [0.2, 0.25) is 15.9 Å². The molecule has 0 aliphatic rings. The lowest BCUT2D eigenvalue weighted by molar-refractivity contribution is -0.125. The highest BCUT2D eigenvalue weighted by Gasteiger charge is 2.22. The van der Waals surface area contributed by atoms with Crippen molar-refractivity contribution in [2.24, 2.45) is 0 Å². The first-order chi connectivity index (χ1) is 13.2. The average molecular weight is 406 g/mol. The zero-order valence-electron chi connectivity index (χ0n) is 16.2. The van der Waals surface area contributed by atoms with Gasteiger partial charge in [-0.3, -0.25) is 4.79 Å². The molecule has 0 saturated carbocycles. The quantitative estimate of drug-likeness (QED) is 0.663. The molecule has 0 N–H and O–H groups in total. The Kier molecular flexibility index (Phi) is 6.93. The monoisotopic (exact) mass is 406 g/mol. The Morgan fingerprint density at radius 3 is 2.43 bits per heavy atom. The number of hydrogen-bond acceptors (Lipinski definition) is 4. The highest BCUT2D eigenvalue weighted by atomic mass is 32.2. The maximum absolute atomic E-state index is 13.7. The number of halogens is 1. The number of benzene rings is 2. The largest absolute Gasteiger partial charge is 0.495 e. The van der Waals surface area contributed by atoms with E-state index in [2.05, 4.69) is 0 Å². The summed E-state index contributed by atoms with van der Waals surface area (Å²) < 4.78 is 44.9. The lowest BCUT2D eigenvalue weighted by atomic mass is 10.2. The van der Waals surface area contributed by atoms with Crippen LogP contribution < -0.4 is 4.74 Å². The molecule has 0 heterocycles. The molecule has 0 aromatic heterocycles. The van der Waals surface area contributed by atoms with Gasteiger partial charge in [-0.15, -0.1) is 0 Å². The Morgan fingerprint density at radius 1 is 1.14 bits per heavy atom. The second-order valence-electron chi connectivity index (χ2n) is 6.32. The SMILES string of the molecule is COc1ccc(/C=C/C(=O)N(C)Cc2ccccc2F)cc1S(=O)(=O)N(C)C. The van der Waals surface area contributed by atoms with E-state index in [0.29, 0.717) is 11.1 Å². The zero-order chi connectivity index (χ0) is 20.9. The Hall–Kier alpha value is -2.71. The molecule has 1 amide bonds. The number of ether oxygens (including phenoxy) is 1. The number of sulfonamides is 1. The van der Waals surface area contributed by atoms with Crippen molar-refractivity contribution in [1.29, 1.82) is 0 Å². The summed E-state index contributed by atoms with van der Waals surface area (Å²) in [6.07, 6.45) is 2.82. The first-order valence-corrected chi connectivity index (χ1v) is 9.88. The molecule has 2 aromatic carbocycles. The molecule has 28 heavy (non-hydrogen) atoms. The summed E-state index contributed by atoms with van der Waals surface area (Å²) in [7, 11) is 2.11. The zero-order valence-corrected chi connectivity index (χ0v) is 17.0. The van der Waals surface area contributed by atoms with Gasteiger partial charge < -0.3 is 9.64 Å². The third-order valence-corrected chi connectivity index (χ3v) is 5.94. The van der Waals surface area contributed by atoms with E-state index >= 15 is 0 Å². The normalized spacial score (nSPS) is 11.8. The Bertz CT molecular complexity index is 987. The van der Waals surface area contributed by atoms with Gasteiger partial charge >= 0.3 is 0 Å². The van der Waals surface area contributed by atoms with Gasteiger partial charge in [0.05, 0.1) is 7.11 Å². The molecule has 0 radical (unpaired) electrons. The van der Waals surface area contributed by atoms with Gasteiger partial charge in [0.1, 0.15) is 16.5 Å². The van der Waals surface area contributed by atoms with Crippen molar-refractivity contribution in [1.82, 2.24) is 9.21 Å². The van der Waals surface area contributed by atoms with Gasteiger partial charge in [-0.2, -0.15) is 0 Å².